The van der Waals surface area contributed by atoms with Crippen molar-refractivity contribution in [3.05, 3.63) is 59.2 Å². The molecule has 9 nitrogen and oxygen atoms in total. The number of rotatable bonds is 11. The molecule has 0 aliphatic rings. The number of benzene rings is 1. The van der Waals surface area contributed by atoms with E-state index in [1.807, 2.05) is 44.1 Å². The molecule has 0 spiro atoms. The Morgan fingerprint density at radius 2 is 2.09 bits per heavy atom. The number of hydrogen-bond acceptors (Lipinski definition) is 6. The lowest BCUT2D eigenvalue weighted by Crippen LogP contribution is -2.31. The fourth-order valence-corrected chi connectivity index (χ4v) is 3.22. The lowest BCUT2D eigenvalue weighted by molar-refractivity contribution is 0.313. The Hall–Kier alpha value is -3.99. The number of aliphatic imine (C=N–C) groups is 2. The predicted octanol–water partition coefficient (Wildman–Crippen LogP) is 4.05. The second-order valence-corrected chi connectivity index (χ2v) is 7.98. The van der Waals surface area contributed by atoms with E-state index in [0.29, 0.717) is 29.7 Å². The van der Waals surface area contributed by atoms with E-state index in [0.717, 1.165) is 18.3 Å². The molecule has 0 unspecified atom stereocenters. The van der Waals surface area contributed by atoms with Gasteiger partial charge >= 0.3 is 0 Å². The van der Waals surface area contributed by atoms with Gasteiger partial charge in [-0.25, -0.2) is 18.8 Å². The maximum Gasteiger partial charge on any atom is 0.181 e. The van der Waals surface area contributed by atoms with Gasteiger partial charge in [0.05, 0.1) is 11.2 Å². The van der Waals surface area contributed by atoms with Crippen molar-refractivity contribution in [2.75, 3.05) is 39.2 Å². The van der Waals surface area contributed by atoms with Crippen molar-refractivity contribution in [2.45, 2.75) is 13.8 Å². The normalized spacial score (nSPS) is 12.7. The molecule has 0 atom stereocenters. The zero-order chi connectivity index (χ0) is 25.4. The number of H-pyrrole nitrogens is 2. The van der Waals surface area contributed by atoms with Gasteiger partial charge in [-0.2, -0.15) is 5.10 Å². The summed E-state index contributed by atoms with van der Waals surface area (Å²) in [6, 6.07) is 4.36. The van der Waals surface area contributed by atoms with Crippen molar-refractivity contribution in [2.24, 2.45) is 9.98 Å². The van der Waals surface area contributed by atoms with Crippen LogP contribution in [0.15, 0.2) is 46.2 Å². The van der Waals surface area contributed by atoms with Crippen LogP contribution >= 0.6 is 0 Å². The van der Waals surface area contributed by atoms with Crippen LogP contribution in [-0.4, -0.2) is 66.6 Å². The minimum atomic E-state index is -0.649. The number of amidine groups is 1. The Morgan fingerprint density at radius 3 is 2.80 bits per heavy atom. The lowest BCUT2D eigenvalue weighted by atomic mass is 10.2. The number of hydrogen-bond donors (Lipinski definition) is 4. The summed E-state index contributed by atoms with van der Waals surface area (Å²) in [6.07, 6.45) is 5.40. The van der Waals surface area contributed by atoms with Crippen molar-refractivity contribution in [1.82, 2.24) is 25.4 Å². The Labute approximate surface area is 202 Å². The highest BCUT2D eigenvalue weighted by Gasteiger charge is 2.15. The van der Waals surface area contributed by atoms with Gasteiger partial charge in [0.25, 0.3) is 0 Å². The highest BCUT2D eigenvalue weighted by molar-refractivity contribution is 5.94. The van der Waals surface area contributed by atoms with Crippen LogP contribution in [0.4, 0.5) is 14.6 Å². The maximum atomic E-state index is 14.8. The number of ether oxygens (including phenoxy) is 1. The molecule has 11 heteroatoms. The number of anilines is 1. The van der Waals surface area contributed by atoms with Gasteiger partial charge in [-0.05, 0) is 46.8 Å². The molecule has 0 aliphatic carbocycles. The minimum absolute atomic E-state index is 0.105. The fourth-order valence-electron chi connectivity index (χ4n) is 3.22. The summed E-state index contributed by atoms with van der Waals surface area (Å²) in [5, 5.41) is 13.4. The first-order valence-corrected chi connectivity index (χ1v) is 11.0. The van der Waals surface area contributed by atoms with Gasteiger partial charge in [0.1, 0.15) is 11.7 Å². The molecule has 186 valence electrons. The topological polar surface area (TPSA) is 106 Å². The van der Waals surface area contributed by atoms with E-state index in [-0.39, 0.29) is 23.4 Å². The average molecular weight is 485 g/mol. The van der Waals surface area contributed by atoms with Crippen LogP contribution in [0.2, 0.25) is 0 Å². The summed E-state index contributed by atoms with van der Waals surface area (Å²) in [5.74, 6) is -0.108. The van der Waals surface area contributed by atoms with Gasteiger partial charge in [0.2, 0.25) is 0 Å². The van der Waals surface area contributed by atoms with Crippen LogP contribution in [0, 0.1) is 18.6 Å². The zero-order valence-electron chi connectivity index (χ0n) is 20.2. The Morgan fingerprint density at radius 1 is 1.29 bits per heavy atom. The number of aromatic amines is 2. The maximum absolute atomic E-state index is 14.8. The summed E-state index contributed by atoms with van der Waals surface area (Å²) in [7, 11) is 3.90. The molecule has 3 aromatic rings. The molecule has 4 N–H and O–H groups in total. The van der Waals surface area contributed by atoms with E-state index in [4.69, 9.17) is 4.74 Å². The Bertz CT molecular complexity index is 1260. The number of aromatic nitrogens is 3. The highest BCUT2D eigenvalue weighted by Crippen LogP contribution is 2.29. The number of fused-ring (bicyclic) bond motifs is 1. The van der Waals surface area contributed by atoms with Gasteiger partial charge in [0.15, 0.2) is 29.9 Å². The van der Waals surface area contributed by atoms with E-state index in [9.17, 15) is 8.78 Å². The van der Waals surface area contributed by atoms with E-state index in [1.165, 1.54) is 6.07 Å². The second kappa shape index (κ2) is 11.9. The van der Waals surface area contributed by atoms with Crippen molar-refractivity contribution in [1.29, 1.82) is 0 Å². The summed E-state index contributed by atoms with van der Waals surface area (Å²) in [4.78, 5) is 13.2. The molecular weight excluding hydrogens is 454 g/mol. The molecular formula is C24H30F2N8O. The van der Waals surface area contributed by atoms with Crippen LogP contribution in [0.3, 0.4) is 0 Å². The molecule has 0 aliphatic heterocycles. The first kappa shape index (κ1) is 25.6. The van der Waals surface area contributed by atoms with Crippen molar-refractivity contribution >= 4 is 35.3 Å². The zero-order valence-corrected chi connectivity index (χ0v) is 20.2. The minimum Gasteiger partial charge on any atom is -0.468 e. The smallest absolute Gasteiger partial charge is 0.181 e. The third kappa shape index (κ3) is 7.00. The number of likely N-dealkylation sites (N-methyl/N-ethyl adjacent to an activating group) is 1. The third-order valence-electron chi connectivity index (χ3n) is 4.87. The molecule has 0 amide bonds. The van der Waals surface area contributed by atoms with Gasteiger partial charge < -0.3 is 25.3 Å². The van der Waals surface area contributed by atoms with Crippen LogP contribution < -0.4 is 15.4 Å². The van der Waals surface area contributed by atoms with Crippen molar-refractivity contribution in [3.63, 3.8) is 0 Å². The second-order valence-electron chi connectivity index (χ2n) is 7.98. The van der Waals surface area contributed by atoms with E-state index >= 15 is 0 Å². The quantitative estimate of drug-likeness (QED) is 0.243. The number of allylic oxidation sites excluding steroid dienone is 1. The van der Waals surface area contributed by atoms with Crippen LogP contribution in [0.5, 0.6) is 5.75 Å². The molecule has 2 aromatic heterocycles. The average Bonchev–Trinajstić information content (AvgIpc) is 3.42. The lowest BCUT2D eigenvalue weighted by Gasteiger charge is -2.13. The number of nitrogens with zero attached hydrogens (tertiary/aromatic N) is 4. The summed E-state index contributed by atoms with van der Waals surface area (Å²) in [5.41, 5.74) is 1.58. The van der Waals surface area contributed by atoms with E-state index in [1.54, 1.807) is 13.0 Å². The molecule has 0 fully saturated rings. The largest absolute Gasteiger partial charge is 0.468 e. The molecule has 0 bridgehead atoms. The monoisotopic (exact) mass is 484 g/mol. The molecule has 1 aromatic carbocycles. The predicted molar refractivity (Wildman–Crippen MR) is 137 cm³/mol. The highest BCUT2D eigenvalue weighted by atomic mass is 19.1. The Balaban J connectivity index is 1.78. The molecule has 0 saturated carbocycles. The van der Waals surface area contributed by atoms with E-state index < -0.39 is 11.6 Å². The SMILES string of the molecule is C=N/C(=C\C(=N/COc1cc(F)c2[nH]c(C)cc2c1F)NCCN(C)C)Nc1cc(/C=C/C)[nH]n1. The molecule has 35 heavy (non-hydrogen) atoms. The Kier molecular flexibility index (Phi) is 8.74. The van der Waals surface area contributed by atoms with Gasteiger partial charge in [0, 0.05) is 42.4 Å². The van der Waals surface area contributed by atoms with E-state index in [2.05, 4.69) is 42.5 Å². The number of aryl methyl sites for hydroxylation is 1. The summed E-state index contributed by atoms with van der Waals surface area (Å²) >= 11 is 0. The van der Waals surface area contributed by atoms with Crippen molar-refractivity contribution in [3.8, 4) is 5.75 Å². The molecule has 0 saturated heterocycles. The van der Waals surface area contributed by atoms with Gasteiger partial charge in [-0.15, -0.1) is 0 Å². The number of nitrogens with one attached hydrogen (secondary N) is 4. The van der Waals surface area contributed by atoms with Crippen molar-refractivity contribution < 1.29 is 13.5 Å². The molecule has 2 heterocycles. The summed E-state index contributed by atoms with van der Waals surface area (Å²) < 4.78 is 34.6. The fraction of sp³-hybridized carbons (Fsp3) is 0.292. The van der Waals surface area contributed by atoms with Crippen LogP contribution in [0.1, 0.15) is 18.3 Å². The summed E-state index contributed by atoms with van der Waals surface area (Å²) in [6.45, 7) is 8.31. The third-order valence-corrected chi connectivity index (χ3v) is 4.87. The number of halogens is 2. The van der Waals surface area contributed by atoms with Gasteiger partial charge in [-0.3, -0.25) is 5.10 Å². The molecule has 0 radical (unpaired) electrons. The molecule has 3 rings (SSSR count). The van der Waals surface area contributed by atoms with Gasteiger partial charge in [-0.1, -0.05) is 6.08 Å². The first-order valence-electron chi connectivity index (χ1n) is 11.0. The standard InChI is InChI=1S/C24H30F2N8O/c1-6-7-16-11-22(33-32-16)31-20(27-3)13-21(28-8-9-34(4)5)29-14-35-19-12-18(25)24-17(23(19)26)10-15(2)30-24/h6-7,10-13,30H,3,8-9,14H2,1-2,4-5H3,(H,28,29)(H2,31,32,33)/b7-6+,20-13+. The first-order chi connectivity index (χ1) is 16.8. The van der Waals surface area contributed by atoms with Crippen LogP contribution in [-0.2, 0) is 0 Å². The van der Waals surface area contributed by atoms with Crippen LogP contribution in [0.25, 0.3) is 17.0 Å².